The van der Waals surface area contributed by atoms with Gasteiger partial charge >= 0.3 is 0 Å². The van der Waals surface area contributed by atoms with Crippen molar-refractivity contribution in [1.82, 2.24) is 5.32 Å². The molecule has 1 aliphatic rings. The molecule has 0 unspecified atom stereocenters. The number of rotatable bonds is 6. The Morgan fingerprint density at radius 1 is 1.06 bits per heavy atom. The zero-order valence-electron chi connectivity index (χ0n) is 18.1. The maximum atomic E-state index is 13.0. The number of carbonyl (C=O) groups is 1. The number of carbonyl (C=O) groups excluding carboxylic acids is 1. The van der Waals surface area contributed by atoms with Crippen molar-refractivity contribution in [2.75, 3.05) is 17.9 Å². The summed E-state index contributed by atoms with van der Waals surface area (Å²) >= 11 is 6.18. The van der Waals surface area contributed by atoms with Crippen LogP contribution in [0, 0.1) is 13.8 Å². The molecule has 0 radical (unpaired) electrons. The Morgan fingerprint density at radius 2 is 1.82 bits per heavy atom. The lowest BCUT2D eigenvalue weighted by Gasteiger charge is -2.26. The molecule has 0 spiro atoms. The van der Waals surface area contributed by atoms with Gasteiger partial charge in [0.2, 0.25) is 0 Å². The molecule has 2 N–H and O–H groups in total. The number of hydrogen-bond acceptors (Lipinski definition) is 5. The summed E-state index contributed by atoms with van der Waals surface area (Å²) in [5, 5.41) is 2.78. The van der Waals surface area contributed by atoms with Crippen LogP contribution in [0.25, 0.3) is 0 Å². The molecule has 3 aromatic rings. The summed E-state index contributed by atoms with van der Waals surface area (Å²) in [5.41, 5.74) is 2.40. The minimum absolute atomic E-state index is 0.0180. The second-order valence-corrected chi connectivity index (χ2v) is 9.83. The maximum absolute atomic E-state index is 13.0. The summed E-state index contributed by atoms with van der Waals surface area (Å²) in [4.78, 5) is 12.5. The average molecular weight is 487 g/mol. The molecule has 0 aromatic heterocycles. The van der Waals surface area contributed by atoms with Gasteiger partial charge in [-0.25, -0.2) is 8.42 Å². The van der Waals surface area contributed by atoms with Crippen LogP contribution in [0.5, 0.6) is 11.5 Å². The SMILES string of the molecule is Cc1ccc(NS(=O)(=O)c2cc(C(=O)NC[C@@H]3COc4ccccc4O3)ccc2Cl)c(C)c1. The Kier molecular flexibility index (Phi) is 6.49. The molecule has 0 fully saturated rings. The number of aryl methyl sites for hydroxylation is 2. The predicted octanol–water partition coefficient (Wildman–Crippen LogP) is 4.33. The second-order valence-electron chi connectivity index (χ2n) is 7.78. The molecule has 33 heavy (non-hydrogen) atoms. The maximum Gasteiger partial charge on any atom is 0.263 e. The van der Waals surface area contributed by atoms with E-state index in [2.05, 4.69) is 10.0 Å². The van der Waals surface area contributed by atoms with Gasteiger partial charge in [0.15, 0.2) is 11.5 Å². The molecule has 7 nitrogen and oxygen atoms in total. The lowest BCUT2D eigenvalue weighted by Crippen LogP contribution is -2.40. The van der Waals surface area contributed by atoms with E-state index in [0.29, 0.717) is 17.2 Å². The van der Waals surface area contributed by atoms with Gasteiger partial charge in [-0.05, 0) is 55.8 Å². The van der Waals surface area contributed by atoms with Crippen LogP contribution in [-0.2, 0) is 10.0 Å². The van der Waals surface area contributed by atoms with Gasteiger partial charge in [-0.1, -0.05) is 41.4 Å². The molecule has 1 heterocycles. The zero-order chi connectivity index (χ0) is 23.6. The molecule has 0 bridgehead atoms. The fourth-order valence-corrected chi connectivity index (χ4v) is 5.11. The number of sulfonamides is 1. The number of ether oxygens (including phenoxy) is 2. The van der Waals surface area contributed by atoms with E-state index in [4.69, 9.17) is 21.1 Å². The summed E-state index contributed by atoms with van der Waals surface area (Å²) in [7, 11) is -4.01. The molecule has 0 saturated carbocycles. The average Bonchev–Trinajstić information content (AvgIpc) is 2.79. The lowest BCUT2D eigenvalue weighted by molar-refractivity contribution is 0.0789. The van der Waals surface area contributed by atoms with E-state index >= 15 is 0 Å². The van der Waals surface area contributed by atoms with E-state index in [0.717, 1.165) is 11.1 Å². The minimum Gasteiger partial charge on any atom is -0.486 e. The smallest absolute Gasteiger partial charge is 0.263 e. The fourth-order valence-electron chi connectivity index (χ4n) is 3.45. The van der Waals surface area contributed by atoms with E-state index in [1.165, 1.54) is 18.2 Å². The number of amides is 1. The summed E-state index contributed by atoms with van der Waals surface area (Å²) in [6.07, 6.45) is -0.370. The Bertz CT molecular complexity index is 1310. The molecule has 1 amide bonds. The van der Waals surface area contributed by atoms with E-state index in [1.54, 1.807) is 12.1 Å². The van der Waals surface area contributed by atoms with E-state index < -0.39 is 15.9 Å². The summed E-state index contributed by atoms with van der Waals surface area (Å²) in [6, 6.07) is 16.8. The van der Waals surface area contributed by atoms with Gasteiger partial charge in [-0.15, -0.1) is 0 Å². The van der Waals surface area contributed by atoms with Crippen molar-refractivity contribution in [3.8, 4) is 11.5 Å². The Hall–Kier alpha value is -3.23. The third-order valence-corrected chi connectivity index (χ3v) is 7.01. The molecule has 4 rings (SSSR count). The third-order valence-electron chi connectivity index (χ3n) is 5.17. The van der Waals surface area contributed by atoms with Gasteiger partial charge in [0.1, 0.15) is 17.6 Å². The number of halogens is 1. The van der Waals surface area contributed by atoms with E-state index in [1.807, 2.05) is 44.2 Å². The first kappa shape index (κ1) is 22.9. The minimum atomic E-state index is -4.01. The molecule has 9 heteroatoms. The molecular weight excluding hydrogens is 464 g/mol. The number of fused-ring (bicyclic) bond motifs is 1. The van der Waals surface area contributed by atoms with Crippen molar-refractivity contribution >= 4 is 33.2 Å². The molecule has 3 aromatic carbocycles. The lowest BCUT2D eigenvalue weighted by atomic mass is 10.1. The van der Waals surface area contributed by atoms with Crippen molar-refractivity contribution < 1.29 is 22.7 Å². The Balaban J connectivity index is 1.46. The highest BCUT2D eigenvalue weighted by Crippen LogP contribution is 2.31. The van der Waals surface area contributed by atoms with E-state index in [-0.39, 0.29) is 34.7 Å². The van der Waals surface area contributed by atoms with Crippen LogP contribution in [0.4, 0.5) is 5.69 Å². The molecule has 0 saturated heterocycles. The number of nitrogens with one attached hydrogen (secondary N) is 2. The fraction of sp³-hybridized carbons (Fsp3) is 0.208. The number of para-hydroxylation sites is 2. The number of anilines is 1. The first-order valence-electron chi connectivity index (χ1n) is 10.3. The standard InChI is InChI=1S/C24H23ClN2O5S/c1-15-7-10-20(16(2)11-15)27-33(29,30)23-12-17(8-9-19(23)25)24(28)26-13-18-14-31-21-5-3-4-6-22(21)32-18/h3-12,18,27H,13-14H2,1-2H3,(H,26,28)/t18-/m1/s1. The van der Waals surface area contributed by atoms with Crippen LogP contribution >= 0.6 is 11.6 Å². The topological polar surface area (TPSA) is 93.7 Å². The normalized spacial score (nSPS) is 15.1. The highest BCUT2D eigenvalue weighted by molar-refractivity contribution is 7.92. The van der Waals surface area contributed by atoms with Crippen LogP contribution in [0.1, 0.15) is 21.5 Å². The third kappa shape index (κ3) is 5.23. The first-order valence-corrected chi connectivity index (χ1v) is 12.2. The highest BCUT2D eigenvalue weighted by atomic mass is 35.5. The highest BCUT2D eigenvalue weighted by Gasteiger charge is 2.23. The molecular formula is C24H23ClN2O5S. The summed E-state index contributed by atoms with van der Waals surface area (Å²) < 4.78 is 40.0. The van der Waals surface area contributed by atoms with Crippen LogP contribution in [-0.4, -0.2) is 33.6 Å². The van der Waals surface area contributed by atoms with Crippen LogP contribution in [0.2, 0.25) is 5.02 Å². The van der Waals surface area contributed by atoms with Crippen LogP contribution < -0.4 is 19.5 Å². The Labute approximate surface area is 197 Å². The van der Waals surface area contributed by atoms with Gasteiger partial charge in [-0.2, -0.15) is 0 Å². The van der Waals surface area contributed by atoms with Crippen molar-refractivity contribution in [1.29, 1.82) is 0 Å². The second kappa shape index (κ2) is 9.33. The summed E-state index contributed by atoms with van der Waals surface area (Å²) in [5.74, 6) is 0.821. The number of benzene rings is 3. The Morgan fingerprint density at radius 3 is 2.58 bits per heavy atom. The first-order chi connectivity index (χ1) is 15.7. The molecule has 0 aliphatic carbocycles. The molecule has 1 aliphatic heterocycles. The van der Waals surface area contributed by atoms with Gasteiger partial charge in [0.05, 0.1) is 17.3 Å². The van der Waals surface area contributed by atoms with Gasteiger partial charge in [0.25, 0.3) is 15.9 Å². The largest absolute Gasteiger partial charge is 0.486 e. The van der Waals surface area contributed by atoms with Crippen molar-refractivity contribution in [3.05, 3.63) is 82.4 Å². The zero-order valence-corrected chi connectivity index (χ0v) is 19.7. The van der Waals surface area contributed by atoms with Gasteiger partial charge in [-0.3, -0.25) is 9.52 Å². The summed E-state index contributed by atoms with van der Waals surface area (Å²) in [6.45, 7) is 4.22. The van der Waals surface area contributed by atoms with Crippen LogP contribution in [0.3, 0.4) is 0 Å². The number of hydrogen-bond donors (Lipinski definition) is 2. The van der Waals surface area contributed by atoms with Gasteiger partial charge < -0.3 is 14.8 Å². The van der Waals surface area contributed by atoms with Crippen molar-refractivity contribution in [3.63, 3.8) is 0 Å². The molecule has 1 atom stereocenters. The molecule has 172 valence electrons. The quantitative estimate of drug-likeness (QED) is 0.541. The van der Waals surface area contributed by atoms with Crippen LogP contribution in [0.15, 0.2) is 65.6 Å². The monoisotopic (exact) mass is 486 g/mol. The predicted molar refractivity (Wildman–Crippen MR) is 127 cm³/mol. The van der Waals surface area contributed by atoms with Crippen molar-refractivity contribution in [2.45, 2.75) is 24.8 Å². The van der Waals surface area contributed by atoms with Crippen molar-refractivity contribution in [2.24, 2.45) is 0 Å². The van der Waals surface area contributed by atoms with E-state index in [9.17, 15) is 13.2 Å². The van der Waals surface area contributed by atoms with Gasteiger partial charge in [0, 0.05) is 5.56 Å².